The molecule has 0 saturated carbocycles. The van der Waals surface area contributed by atoms with Gasteiger partial charge >= 0.3 is 5.97 Å². The fourth-order valence-electron chi connectivity index (χ4n) is 8.74. The van der Waals surface area contributed by atoms with Crippen LogP contribution in [0.2, 0.25) is 0 Å². The molecule has 2 aliphatic heterocycles. The van der Waals surface area contributed by atoms with Gasteiger partial charge in [0.1, 0.15) is 48.2 Å². The van der Waals surface area contributed by atoms with Crippen LogP contribution < -0.4 is 0 Å². The monoisotopic (exact) mass is 1020 g/mol. The quantitative estimate of drug-likeness (QED) is 0.0509. The van der Waals surface area contributed by atoms with Crippen LogP contribution in [0.3, 0.4) is 0 Å². The zero-order chi connectivity index (χ0) is 53.2. The third-order valence-corrected chi connectivity index (χ3v) is 13.5. The lowest BCUT2D eigenvalue weighted by molar-refractivity contribution is -0.351. The Morgan fingerprint density at radius 2 is 0.824 bits per heavy atom. The first kappa shape index (κ1) is 48.9. The maximum absolute atomic E-state index is 13.6. The summed E-state index contributed by atoms with van der Waals surface area (Å²) in [6, 6.07) is 66.4. The molecule has 0 aliphatic carbocycles. The molecule has 0 radical (unpaired) electrons. The number of thioether (sulfide) groups is 1. The summed E-state index contributed by atoms with van der Waals surface area (Å²) in [5.41, 5.74) is 3.61. The number of rotatable bonds is 25. The highest BCUT2D eigenvalue weighted by atomic mass is 32.2. The highest BCUT2D eigenvalue weighted by Gasteiger charge is 2.55. The van der Waals surface area contributed by atoms with E-state index in [4.69, 9.17) is 48.7 Å². The SMILES string of the molecule is [2H]C(OC[C@H]1OC(O[C@H]2[C@@H](OCc3ccccc3)[C@H](OCc3ccccc3)[C@@H](COCc3ccccc3)O[C@@H]2Sc2ccccc2)[C@@H](OC(C)=O)[C@@H](OC([2H])c2ccccc2)[C@@H]1OC([2H])c1ccccc1)c1ccccc1. The van der Waals surface area contributed by atoms with Gasteiger partial charge in [-0.15, -0.1) is 0 Å². The molecule has 7 aromatic carbocycles. The van der Waals surface area contributed by atoms with E-state index in [1.54, 1.807) is 60.7 Å². The standard InChI is InChI=1S/C62H64O11S/c1-45(63)70-59-57(68-41-50-31-17-6-18-32-50)55(66-39-48-27-13-4-14-28-48)53(43-64-37-46-23-9-2-10-24-46)71-61(59)73-60-58(69-42-51-33-19-7-20-34-51)56(67-40-49-29-15-5-16-30-49)54(44-65-38-47-25-11-3-12-26-47)72-62(60)74-52-35-21-8-22-36-52/h2-36,53-62H,37-44H2,1H3/t53-,54-,55-,56-,57+,58+,59+,60+,61?,62-/m1/s1/i37D,39D,41D/t37?,39?,41?,53-,54-,55-,56-,57+,58+,59+,60+,61?,62-. The van der Waals surface area contributed by atoms with Crippen molar-refractivity contribution in [3.05, 3.63) is 246 Å². The maximum atomic E-state index is 13.6. The number of carbonyl (C=O) groups is 1. The minimum absolute atomic E-state index is 0.123. The van der Waals surface area contributed by atoms with Gasteiger partial charge in [-0.3, -0.25) is 4.79 Å². The minimum Gasteiger partial charge on any atom is -0.454 e. The zero-order valence-corrected chi connectivity index (χ0v) is 42.0. The van der Waals surface area contributed by atoms with E-state index in [2.05, 4.69) is 0 Å². The molecular formula is C62H64O11S. The van der Waals surface area contributed by atoms with Gasteiger partial charge in [0.25, 0.3) is 0 Å². The Morgan fingerprint density at radius 3 is 1.34 bits per heavy atom. The third-order valence-electron chi connectivity index (χ3n) is 12.3. The van der Waals surface area contributed by atoms with E-state index in [0.717, 1.165) is 21.6 Å². The van der Waals surface area contributed by atoms with Crippen molar-refractivity contribution in [1.29, 1.82) is 0 Å². The molecule has 384 valence electrons. The average Bonchev–Trinajstić information content (AvgIpc) is 3.52. The van der Waals surface area contributed by atoms with E-state index in [-0.39, 0.29) is 26.4 Å². The van der Waals surface area contributed by atoms with Crippen LogP contribution in [0.4, 0.5) is 0 Å². The van der Waals surface area contributed by atoms with E-state index in [1.807, 2.05) is 152 Å². The number of benzene rings is 7. The summed E-state index contributed by atoms with van der Waals surface area (Å²) in [5, 5.41) is 0. The van der Waals surface area contributed by atoms with Gasteiger partial charge in [0, 0.05) is 11.8 Å². The molecule has 0 aromatic heterocycles. The van der Waals surface area contributed by atoms with Gasteiger partial charge in [-0.1, -0.05) is 212 Å². The largest absolute Gasteiger partial charge is 0.454 e. The number of hydrogen-bond donors (Lipinski definition) is 0. The van der Waals surface area contributed by atoms with Crippen molar-refractivity contribution in [2.75, 3.05) is 13.2 Å². The number of esters is 1. The highest BCUT2D eigenvalue weighted by molar-refractivity contribution is 7.99. The van der Waals surface area contributed by atoms with E-state index in [0.29, 0.717) is 23.3 Å². The Morgan fingerprint density at radius 1 is 0.432 bits per heavy atom. The van der Waals surface area contributed by atoms with Gasteiger partial charge in [0.2, 0.25) is 0 Å². The summed E-state index contributed by atoms with van der Waals surface area (Å²) in [6.07, 6.45) is -10.1. The third kappa shape index (κ3) is 15.5. The molecule has 0 spiro atoms. The highest BCUT2D eigenvalue weighted by Crippen LogP contribution is 2.41. The van der Waals surface area contributed by atoms with Crippen molar-refractivity contribution in [2.45, 2.75) is 112 Å². The maximum Gasteiger partial charge on any atom is 0.303 e. The summed E-state index contributed by atoms with van der Waals surface area (Å²) >= 11 is 1.42. The lowest BCUT2D eigenvalue weighted by Crippen LogP contribution is -2.66. The molecule has 2 fully saturated rings. The first-order valence-electron chi connectivity index (χ1n) is 26.6. The van der Waals surface area contributed by atoms with Crippen LogP contribution in [0.15, 0.2) is 217 Å². The second-order valence-corrected chi connectivity index (χ2v) is 19.0. The van der Waals surface area contributed by atoms with Gasteiger partial charge in [-0.05, 0) is 45.5 Å². The Hall–Kier alpha value is -6.00. The first-order chi connectivity index (χ1) is 37.8. The van der Waals surface area contributed by atoms with Crippen molar-refractivity contribution < 1.29 is 56.3 Å². The smallest absolute Gasteiger partial charge is 0.303 e. The summed E-state index contributed by atoms with van der Waals surface area (Å²) in [7, 11) is 0. The Balaban J connectivity index is 1.14. The van der Waals surface area contributed by atoms with Crippen molar-refractivity contribution in [3.8, 4) is 0 Å². The van der Waals surface area contributed by atoms with E-state index in [9.17, 15) is 7.54 Å². The second-order valence-electron chi connectivity index (χ2n) is 17.8. The fourth-order valence-corrected chi connectivity index (χ4v) is 9.87. The Bertz CT molecular complexity index is 2780. The van der Waals surface area contributed by atoms with E-state index < -0.39 is 86.3 Å². The summed E-state index contributed by atoms with van der Waals surface area (Å²) in [6.45, 7) is -2.00. The number of ether oxygens (including phenoxy) is 10. The Kier molecular flexibility index (Phi) is 18.5. The van der Waals surface area contributed by atoms with Crippen LogP contribution >= 0.6 is 11.8 Å². The van der Waals surface area contributed by atoms with Crippen molar-refractivity contribution in [2.24, 2.45) is 0 Å². The predicted molar refractivity (Wildman–Crippen MR) is 282 cm³/mol. The van der Waals surface area contributed by atoms with Crippen molar-refractivity contribution in [1.82, 2.24) is 0 Å². The van der Waals surface area contributed by atoms with Gasteiger partial charge in [0.05, 0.1) is 56.9 Å². The second kappa shape index (κ2) is 28.1. The molecule has 12 heteroatoms. The number of carbonyl (C=O) groups excluding carboxylic acids is 1. The number of hydrogen-bond acceptors (Lipinski definition) is 12. The molecule has 9 rings (SSSR count). The van der Waals surface area contributed by atoms with Crippen LogP contribution in [-0.2, 0) is 91.7 Å². The molecule has 7 aromatic rings. The molecule has 0 N–H and O–H groups in total. The fraction of sp³-hybridized carbons (Fsp3) is 0.306. The van der Waals surface area contributed by atoms with Crippen LogP contribution in [0.25, 0.3) is 0 Å². The molecule has 0 amide bonds. The summed E-state index contributed by atoms with van der Waals surface area (Å²) < 4.78 is 96.0. The lowest BCUT2D eigenvalue weighted by atomic mass is 9.96. The Labute approximate surface area is 443 Å². The molecular weight excluding hydrogens is 953 g/mol. The predicted octanol–water partition coefficient (Wildman–Crippen LogP) is 11.3. The molecule has 2 aliphatic rings. The van der Waals surface area contributed by atoms with E-state index in [1.165, 1.54) is 18.7 Å². The summed E-state index contributed by atoms with van der Waals surface area (Å²) in [5.74, 6) is -0.692. The van der Waals surface area contributed by atoms with Crippen LogP contribution in [-0.4, -0.2) is 79.7 Å². The van der Waals surface area contributed by atoms with Crippen LogP contribution in [0.5, 0.6) is 0 Å². The van der Waals surface area contributed by atoms with Gasteiger partial charge in [0.15, 0.2) is 12.4 Å². The normalized spacial score (nSPS) is 25.6. The van der Waals surface area contributed by atoms with Gasteiger partial charge in [-0.25, -0.2) is 0 Å². The average molecular weight is 1020 g/mol. The molecule has 13 atom stereocenters. The molecule has 2 saturated heterocycles. The first-order valence-corrected chi connectivity index (χ1v) is 25.8. The molecule has 74 heavy (non-hydrogen) atoms. The van der Waals surface area contributed by atoms with Crippen molar-refractivity contribution in [3.63, 3.8) is 0 Å². The molecule has 4 unspecified atom stereocenters. The van der Waals surface area contributed by atoms with Crippen molar-refractivity contribution >= 4 is 17.7 Å². The summed E-state index contributed by atoms with van der Waals surface area (Å²) in [4.78, 5) is 14.4. The van der Waals surface area contributed by atoms with E-state index >= 15 is 0 Å². The van der Waals surface area contributed by atoms with Gasteiger partial charge < -0.3 is 47.4 Å². The van der Waals surface area contributed by atoms with Crippen LogP contribution in [0.1, 0.15) is 44.4 Å². The molecule has 11 nitrogen and oxygen atoms in total. The van der Waals surface area contributed by atoms with Crippen LogP contribution in [0, 0.1) is 0 Å². The zero-order valence-electron chi connectivity index (χ0n) is 44.1. The molecule has 0 bridgehead atoms. The van der Waals surface area contributed by atoms with Gasteiger partial charge in [-0.2, -0.15) is 0 Å². The topological polar surface area (TPSA) is 109 Å². The lowest BCUT2D eigenvalue weighted by Gasteiger charge is -2.50. The minimum atomic E-state index is -1.49. The molecule has 2 heterocycles.